The minimum Gasteiger partial charge on any atom is -0.465 e. The van der Waals surface area contributed by atoms with Crippen LogP contribution in [0.1, 0.15) is 34.1 Å². The number of hydrogen-bond donors (Lipinski definition) is 1. The summed E-state index contributed by atoms with van der Waals surface area (Å²) in [7, 11) is -2.06. The van der Waals surface area contributed by atoms with Crippen LogP contribution >= 0.6 is 23.2 Å². The van der Waals surface area contributed by atoms with Gasteiger partial charge in [-0.3, -0.25) is 4.79 Å². The number of carbonyl (C=O) groups is 3. The molecule has 0 heterocycles. The van der Waals surface area contributed by atoms with Crippen molar-refractivity contribution in [3.8, 4) is 0 Å². The lowest BCUT2D eigenvalue weighted by molar-refractivity contribution is -0.116. The first-order valence-electron chi connectivity index (χ1n) is 9.60. The van der Waals surface area contributed by atoms with Gasteiger partial charge in [-0.25, -0.2) is 18.0 Å². The van der Waals surface area contributed by atoms with Crippen LogP contribution in [0.25, 0.3) is 0 Å². The lowest BCUT2D eigenvalue weighted by Gasteiger charge is -2.22. The summed E-state index contributed by atoms with van der Waals surface area (Å²) in [6, 6.07) is 7.77. The van der Waals surface area contributed by atoms with E-state index in [2.05, 4.69) is 14.8 Å². The fraction of sp³-hybridized carbons (Fsp3) is 0.286. The molecule has 0 aliphatic carbocycles. The van der Waals surface area contributed by atoms with Crippen LogP contribution in [-0.4, -0.2) is 57.9 Å². The van der Waals surface area contributed by atoms with E-state index in [9.17, 15) is 22.8 Å². The zero-order chi connectivity index (χ0) is 24.8. The van der Waals surface area contributed by atoms with Gasteiger partial charge in [0.2, 0.25) is 15.9 Å². The Labute approximate surface area is 201 Å². The molecule has 2 aromatic rings. The van der Waals surface area contributed by atoms with Gasteiger partial charge in [0, 0.05) is 11.6 Å². The smallest absolute Gasteiger partial charge is 0.337 e. The van der Waals surface area contributed by atoms with E-state index in [-0.39, 0.29) is 33.3 Å². The quantitative estimate of drug-likeness (QED) is 0.505. The molecule has 0 aromatic heterocycles. The third-order valence-corrected chi connectivity index (χ3v) is 6.77. The summed E-state index contributed by atoms with van der Waals surface area (Å²) in [5.41, 5.74) is -0.0974. The van der Waals surface area contributed by atoms with E-state index < -0.39 is 34.4 Å². The van der Waals surface area contributed by atoms with Crippen LogP contribution in [0.5, 0.6) is 0 Å². The first kappa shape index (κ1) is 26.6. The number of anilines is 1. The van der Waals surface area contributed by atoms with E-state index in [1.54, 1.807) is 13.0 Å². The number of nitrogens with zero attached hydrogens (tertiary/aromatic N) is 1. The Morgan fingerprint density at radius 2 is 1.55 bits per heavy atom. The monoisotopic (exact) mass is 516 g/mol. The van der Waals surface area contributed by atoms with Gasteiger partial charge in [-0.05, 0) is 42.8 Å². The van der Waals surface area contributed by atoms with E-state index in [0.717, 1.165) is 36.7 Å². The molecule has 0 saturated carbocycles. The number of esters is 2. The molecule has 2 rings (SSSR count). The fourth-order valence-electron chi connectivity index (χ4n) is 2.85. The molecule has 0 radical (unpaired) electrons. The molecule has 178 valence electrons. The van der Waals surface area contributed by atoms with Crippen LogP contribution < -0.4 is 5.32 Å². The number of amides is 1. The largest absolute Gasteiger partial charge is 0.465 e. The number of hydrogen-bond acceptors (Lipinski definition) is 7. The average molecular weight is 517 g/mol. The molecule has 0 spiro atoms. The molecule has 0 bridgehead atoms. The van der Waals surface area contributed by atoms with E-state index in [1.165, 1.54) is 12.1 Å². The van der Waals surface area contributed by atoms with Crippen LogP contribution in [0.2, 0.25) is 10.0 Å². The summed E-state index contributed by atoms with van der Waals surface area (Å²) in [6.45, 7) is 1.18. The summed E-state index contributed by atoms with van der Waals surface area (Å²) in [5, 5.41) is 3.10. The molecule has 0 fully saturated rings. The summed E-state index contributed by atoms with van der Waals surface area (Å²) in [5.74, 6) is -2.34. The minimum atomic E-state index is -4.30. The Bertz CT molecular complexity index is 1130. The van der Waals surface area contributed by atoms with E-state index >= 15 is 0 Å². The number of halogens is 2. The molecule has 0 atom stereocenters. The van der Waals surface area contributed by atoms with Gasteiger partial charge in [0.1, 0.15) is 0 Å². The molecule has 9 nitrogen and oxygen atoms in total. The second-order valence-corrected chi connectivity index (χ2v) is 9.52. The third kappa shape index (κ3) is 6.67. The van der Waals surface area contributed by atoms with Gasteiger partial charge in [0.25, 0.3) is 0 Å². The molecule has 1 amide bonds. The SMILES string of the molecule is CCCN(CC(=O)Nc1cc(Cl)ccc1Cl)S(=O)(=O)c1cc(C(=O)OC)cc(C(=O)OC)c1. The zero-order valence-corrected chi connectivity index (χ0v) is 20.4. The molecule has 0 saturated heterocycles. The predicted molar refractivity (Wildman–Crippen MR) is 123 cm³/mol. The van der Waals surface area contributed by atoms with Crippen LogP contribution in [0.3, 0.4) is 0 Å². The highest BCUT2D eigenvalue weighted by atomic mass is 35.5. The Kier molecular flexibility index (Phi) is 9.24. The van der Waals surface area contributed by atoms with E-state index in [1.807, 2.05) is 0 Å². The van der Waals surface area contributed by atoms with Crippen molar-refractivity contribution in [3.05, 3.63) is 57.6 Å². The van der Waals surface area contributed by atoms with E-state index in [4.69, 9.17) is 23.2 Å². The van der Waals surface area contributed by atoms with Crippen molar-refractivity contribution < 1.29 is 32.3 Å². The molecule has 0 unspecified atom stereocenters. The van der Waals surface area contributed by atoms with Crippen LogP contribution in [-0.2, 0) is 24.3 Å². The number of ether oxygens (including phenoxy) is 2. The summed E-state index contributed by atoms with van der Waals surface area (Å²) in [6.07, 6.45) is 0.394. The van der Waals surface area contributed by atoms with Crippen molar-refractivity contribution in [2.75, 3.05) is 32.6 Å². The van der Waals surface area contributed by atoms with Crippen molar-refractivity contribution in [3.63, 3.8) is 0 Å². The van der Waals surface area contributed by atoms with Gasteiger partial charge in [0.05, 0.1) is 47.5 Å². The van der Waals surface area contributed by atoms with Crippen molar-refractivity contribution in [1.29, 1.82) is 0 Å². The summed E-state index contributed by atoms with van der Waals surface area (Å²) < 4.78 is 36.9. The molecule has 33 heavy (non-hydrogen) atoms. The van der Waals surface area contributed by atoms with E-state index in [0.29, 0.717) is 11.4 Å². The molecular weight excluding hydrogens is 495 g/mol. The number of nitrogens with one attached hydrogen (secondary N) is 1. The number of benzene rings is 2. The van der Waals surface area contributed by atoms with Crippen LogP contribution in [0.15, 0.2) is 41.3 Å². The van der Waals surface area contributed by atoms with Crippen LogP contribution in [0, 0.1) is 0 Å². The van der Waals surface area contributed by atoms with Gasteiger partial charge in [0.15, 0.2) is 0 Å². The molecule has 1 N–H and O–H groups in total. The zero-order valence-electron chi connectivity index (χ0n) is 18.1. The van der Waals surface area contributed by atoms with Gasteiger partial charge >= 0.3 is 11.9 Å². The molecule has 0 aliphatic rings. The molecule has 2 aromatic carbocycles. The lowest BCUT2D eigenvalue weighted by Crippen LogP contribution is -2.38. The number of carbonyl (C=O) groups excluding carboxylic acids is 3. The van der Waals surface area contributed by atoms with Gasteiger partial charge in [-0.1, -0.05) is 30.1 Å². The second kappa shape index (κ2) is 11.5. The van der Waals surface area contributed by atoms with Crippen molar-refractivity contribution in [1.82, 2.24) is 4.31 Å². The Balaban J connectivity index is 2.42. The number of sulfonamides is 1. The predicted octanol–water partition coefficient (Wildman–Crippen LogP) is 3.61. The summed E-state index contributed by atoms with van der Waals surface area (Å²) in [4.78, 5) is 36.3. The Morgan fingerprint density at radius 1 is 0.970 bits per heavy atom. The average Bonchev–Trinajstić information content (AvgIpc) is 2.79. The van der Waals surface area contributed by atoms with Crippen molar-refractivity contribution in [2.45, 2.75) is 18.2 Å². The third-order valence-electron chi connectivity index (χ3n) is 4.38. The van der Waals surface area contributed by atoms with Crippen molar-refractivity contribution in [2.24, 2.45) is 0 Å². The van der Waals surface area contributed by atoms with Crippen LogP contribution in [0.4, 0.5) is 5.69 Å². The van der Waals surface area contributed by atoms with Gasteiger partial charge in [-0.2, -0.15) is 4.31 Å². The maximum atomic E-state index is 13.4. The molecular formula is C21H22Cl2N2O7S. The minimum absolute atomic E-state index is 0.00492. The standard InChI is InChI=1S/C21H22Cl2N2O7S/c1-4-7-25(12-19(26)24-18-11-15(22)5-6-17(18)23)33(29,30)16-9-13(20(27)31-2)8-14(10-16)21(28)32-3/h5-6,8-11H,4,7,12H2,1-3H3,(H,24,26). The first-order chi connectivity index (χ1) is 15.5. The number of methoxy groups -OCH3 is 2. The first-order valence-corrected chi connectivity index (χ1v) is 11.8. The maximum Gasteiger partial charge on any atom is 0.337 e. The Hall–Kier alpha value is -2.66. The summed E-state index contributed by atoms with van der Waals surface area (Å²) >= 11 is 12.0. The maximum absolute atomic E-state index is 13.4. The van der Waals surface area contributed by atoms with Gasteiger partial charge in [-0.15, -0.1) is 0 Å². The highest BCUT2D eigenvalue weighted by Gasteiger charge is 2.29. The lowest BCUT2D eigenvalue weighted by atomic mass is 10.1. The topological polar surface area (TPSA) is 119 Å². The Morgan fingerprint density at radius 3 is 2.06 bits per heavy atom. The normalized spacial score (nSPS) is 11.2. The highest BCUT2D eigenvalue weighted by Crippen LogP contribution is 2.26. The van der Waals surface area contributed by atoms with Crippen molar-refractivity contribution >= 4 is 56.8 Å². The molecule has 0 aliphatic heterocycles. The second-order valence-electron chi connectivity index (χ2n) is 6.74. The highest BCUT2D eigenvalue weighted by molar-refractivity contribution is 7.89. The number of rotatable bonds is 9. The van der Waals surface area contributed by atoms with Gasteiger partial charge < -0.3 is 14.8 Å². The molecule has 12 heteroatoms. The fourth-order valence-corrected chi connectivity index (χ4v) is 4.74.